The highest BCUT2D eigenvalue weighted by atomic mass is 16.3. The van der Waals surface area contributed by atoms with Gasteiger partial charge in [0.15, 0.2) is 0 Å². The molecule has 2 saturated heterocycles. The summed E-state index contributed by atoms with van der Waals surface area (Å²) in [6, 6.07) is 49.4. The van der Waals surface area contributed by atoms with Crippen LogP contribution in [0.25, 0.3) is 55.0 Å². The van der Waals surface area contributed by atoms with Crippen molar-refractivity contribution in [1.29, 1.82) is 0 Å². The molecule has 4 heterocycles. The molecule has 8 aromatic rings. The van der Waals surface area contributed by atoms with Crippen molar-refractivity contribution in [1.82, 2.24) is 0 Å². The fourth-order valence-electron chi connectivity index (χ4n) is 9.76. The number of anilines is 4. The first kappa shape index (κ1) is 27.5. The van der Waals surface area contributed by atoms with Crippen molar-refractivity contribution >= 4 is 66.6 Å². The zero-order valence-electron chi connectivity index (χ0n) is 27.3. The van der Waals surface area contributed by atoms with Gasteiger partial charge < -0.3 is 18.6 Å². The second-order valence-electron chi connectivity index (χ2n) is 14.6. The minimum atomic E-state index is 0.718. The van der Waals surface area contributed by atoms with Crippen LogP contribution in [0.5, 0.6) is 0 Å². The van der Waals surface area contributed by atoms with Crippen LogP contribution in [-0.2, 0) is 0 Å². The number of hydrogen-bond acceptors (Lipinski definition) is 4. The Morgan fingerprint density at radius 1 is 0.429 bits per heavy atom. The van der Waals surface area contributed by atoms with Crippen LogP contribution in [0.2, 0.25) is 0 Å². The molecule has 0 unspecified atom stereocenters. The van der Waals surface area contributed by atoms with E-state index in [0.717, 1.165) is 84.9 Å². The molecule has 0 amide bonds. The Bertz CT molecular complexity index is 2400. The molecular weight excluding hydrogens is 601 g/mol. The molecule has 12 rings (SSSR count). The standard InChI is InChI=1S/C45H36N2O2/c1-3-10-42-38(8-1)40-18-16-34(26-44(40)48-42)46(35-17-19-41-39-9-2-4-11-43(39)49-45(41)27-35)32-14-12-30(13-15-32)31-6-5-7-33(25-31)47-36-21-28-20-29(23-36)24-37(47)22-28/h1-19,25-29,36-37H,20-24H2. The minimum Gasteiger partial charge on any atom is -0.456 e. The van der Waals surface area contributed by atoms with Gasteiger partial charge in [0.2, 0.25) is 0 Å². The minimum absolute atomic E-state index is 0.718. The fraction of sp³-hybridized carbons (Fsp3) is 0.200. The van der Waals surface area contributed by atoms with Gasteiger partial charge in [0.05, 0.1) is 0 Å². The number of hydrogen-bond donors (Lipinski definition) is 0. The Balaban J connectivity index is 0.995. The van der Waals surface area contributed by atoms with Crippen LogP contribution in [0, 0.1) is 11.8 Å². The molecule has 6 aromatic carbocycles. The molecule has 4 heteroatoms. The number of furan rings is 2. The van der Waals surface area contributed by atoms with Crippen LogP contribution in [0.3, 0.4) is 0 Å². The summed E-state index contributed by atoms with van der Waals surface area (Å²) in [5, 5.41) is 4.51. The van der Waals surface area contributed by atoms with E-state index in [-0.39, 0.29) is 0 Å². The van der Waals surface area contributed by atoms with Crippen molar-refractivity contribution in [3.63, 3.8) is 0 Å². The van der Waals surface area contributed by atoms with Crippen LogP contribution >= 0.6 is 0 Å². The van der Waals surface area contributed by atoms with Gasteiger partial charge >= 0.3 is 0 Å². The van der Waals surface area contributed by atoms with E-state index >= 15 is 0 Å². The van der Waals surface area contributed by atoms with Gasteiger partial charge in [0.1, 0.15) is 22.3 Å². The van der Waals surface area contributed by atoms with E-state index < -0.39 is 0 Å². The summed E-state index contributed by atoms with van der Waals surface area (Å²) in [6.07, 6.45) is 6.98. The van der Waals surface area contributed by atoms with Gasteiger partial charge in [-0.25, -0.2) is 0 Å². The maximum Gasteiger partial charge on any atom is 0.137 e. The predicted octanol–water partition coefficient (Wildman–Crippen LogP) is 12.4. The van der Waals surface area contributed by atoms with E-state index in [0.29, 0.717) is 0 Å². The van der Waals surface area contributed by atoms with Crippen LogP contribution in [0.4, 0.5) is 22.7 Å². The molecule has 2 saturated carbocycles. The van der Waals surface area contributed by atoms with E-state index in [1.54, 1.807) is 0 Å². The van der Waals surface area contributed by atoms with Gasteiger partial charge in [0.25, 0.3) is 0 Å². The molecule has 0 atom stereocenters. The highest BCUT2D eigenvalue weighted by Gasteiger charge is 2.46. The van der Waals surface area contributed by atoms with Gasteiger partial charge in [-0.15, -0.1) is 0 Å². The fourth-order valence-corrected chi connectivity index (χ4v) is 9.76. The predicted molar refractivity (Wildman–Crippen MR) is 201 cm³/mol. The molecule has 0 N–H and O–H groups in total. The lowest BCUT2D eigenvalue weighted by Crippen LogP contribution is -2.58. The van der Waals surface area contributed by atoms with Crippen molar-refractivity contribution in [2.75, 3.05) is 9.80 Å². The molecule has 4 fully saturated rings. The van der Waals surface area contributed by atoms with Crippen molar-refractivity contribution in [3.8, 4) is 11.1 Å². The zero-order chi connectivity index (χ0) is 32.1. The van der Waals surface area contributed by atoms with E-state index in [9.17, 15) is 0 Å². The zero-order valence-corrected chi connectivity index (χ0v) is 27.3. The maximum atomic E-state index is 6.35. The molecule has 4 nitrogen and oxygen atoms in total. The van der Waals surface area contributed by atoms with E-state index in [4.69, 9.17) is 8.83 Å². The van der Waals surface area contributed by atoms with Gasteiger partial charge in [-0.05, 0) is 116 Å². The van der Waals surface area contributed by atoms with Gasteiger partial charge in [-0.2, -0.15) is 0 Å². The third-order valence-electron chi connectivity index (χ3n) is 11.7. The summed E-state index contributed by atoms with van der Waals surface area (Å²) in [6.45, 7) is 0. The molecule has 2 aromatic heterocycles. The second-order valence-corrected chi connectivity index (χ2v) is 14.6. The number of benzene rings is 6. The summed E-state index contributed by atoms with van der Waals surface area (Å²) >= 11 is 0. The van der Waals surface area contributed by atoms with Crippen LogP contribution in [0.1, 0.15) is 32.1 Å². The average Bonchev–Trinajstić information content (AvgIpc) is 3.69. The highest BCUT2D eigenvalue weighted by Crippen LogP contribution is 2.51. The summed E-state index contributed by atoms with van der Waals surface area (Å²) in [4.78, 5) is 5.09. The third-order valence-corrected chi connectivity index (χ3v) is 11.7. The first-order valence-corrected chi connectivity index (χ1v) is 17.8. The maximum absolute atomic E-state index is 6.35. The summed E-state index contributed by atoms with van der Waals surface area (Å²) in [5.74, 6) is 1.91. The number of nitrogens with zero attached hydrogens (tertiary/aromatic N) is 2. The third kappa shape index (κ3) is 4.36. The molecule has 238 valence electrons. The van der Waals surface area contributed by atoms with Crippen molar-refractivity contribution in [2.24, 2.45) is 11.8 Å². The molecule has 49 heavy (non-hydrogen) atoms. The van der Waals surface area contributed by atoms with Gasteiger partial charge in [-0.3, -0.25) is 0 Å². The van der Waals surface area contributed by atoms with Crippen LogP contribution in [0.15, 0.2) is 142 Å². The lowest BCUT2D eigenvalue weighted by Gasteiger charge is -2.57. The Morgan fingerprint density at radius 2 is 0.959 bits per heavy atom. The normalized spacial score (nSPS) is 21.4. The number of para-hydroxylation sites is 2. The average molecular weight is 637 g/mol. The van der Waals surface area contributed by atoms with Gasteiger partial charge in [0, 0.05) is 68.5 Å². The highest BCUT2D eigenvalue weighted by molar-refractivity contribution is 6.07. The molecule has 4 bridgehead atoms. The molecule has 0 spiro atoms. The molecule has 4 aliphatic rings. The summed E-state index contributed by atoms with van der Waals surface area (Å²) in [7, 11) is 0. The largest absolute Gasteiger partial charge is 0.456 e. The van der Waals surface area contributed by atoms with E-state index in [2.05, 4.69) is 119 Å². The topological polar surface area (TPSA) is 32.8 Å². The van der Waals surface area contributed by atoms with Crippen molar-refractivity contribution in [2.45, 2.75) is 44.2 Å². The molecular formula is C45H36N2O2. The van der Waals surface area contributed by atoms with E-state index in [1.165, 1.54) is 48.9 Å². The van der Waals surface area contributed by atoms with E-state index in [1.807, 2.05) is 24.3 Å². The molecule has 2 aliphatic carbocycles. The van der Waals surface area contributed by atoms with Crippen molar-refractivity contribution in [3.05, 3.63) is 133 Å². The van der Waals surface area contributed by atoms with Crippen molar-refractivity contribution < 1.29 is 8.83 Å². The smallest absolute Gasteiger partial charge is 0.137 e. The quantitative estimate of drug-likeness (QED) is 0.188. The van der Waals surface area contributed by atoms with Gasteiger partial charge in [-0.1, -0.05) is 60.7 Å². The SMILES string of the molecule is c1cc(-c2ccc(N(c3ccc4c(c3)oc3ccccc34)c3ccc4c(c3)oc3ccccc34)cc2)cc(N2C3CC4CC(C3)CC2C4)c1. The number of piperidine rings is 2. The second kappa shape index (κ2) is 10.5. The number of rotatable bonds is 5. The Labute approximate surface area is 285 Å². The lowest BCUT2D eigenvalue weighted by molar-refractivity contribution is 0.0900. The summed E-state index contributed by atoms with van der Waals surface area (Å²) < 4.78 is 12.7. The summed E-state index contributed by atoms with van der Waals surface area (Å²) in [5.41, 5.74) is 10.6. The Kier molecular flexibility index (Phi) is 5.89. The number of fused-ring (bicyclic) bond motifs is 6. The lowest BCUT2D eigenvalue weighted by atomic mass is 9.63. The van der Waals surface area contributed by atoms with Crippen LogP contribution in [-0.4, -0.2) is 12.1 Å². The Hall–Kier alpha value is -5.48. The first-order valence-electron chi connectivity index (χ1n) is 17.8. The monoisotopic (exact) mass is 636 g/mol. The molecule has 0 radical (unpaired) electrons. The first-order chi connectivity index (χ1) is 24.2. The Morgan fingerprint density at radius 3 is 1.55 bits per heavy atom. The van der Waals surface area contributed by atoms with Crippen LogP contribution < -0.4 is 9.80 Å². The molecule has 2 aliphatic heterocycles.